The number of carbonyl (C=O) groups is 1. The van der Waals surface area contributed by atoms with Crippen LogP contribution in [0.3, 0.4) is 0 Å². The fourth-order valence-electron chi connectivity index (χ4n) is 2.38. The molecule has 19 heavy (non-hydrogen) atoms. The zero-order valence-corrected chi connectivity index (χ0v) is 11.3. The summed E-state index contributed by atoms with van der Waals surface area (Å²) in [5.41, 5.74) is 1.45. The third-order valence-corrected chi connectivity index (χ3v) is 3.65. The first-order valence-corrected chi connectivity index (χ1v) is 6.58. The van der Waals surface area contributed by atoms with E-state index in [2.05, 4.69) is 10.3 Å². The second kappa shape index (κ2) is 4.74. The lowest BCUT2D eigenvalue weighted by molar-refractivity contribution is -0.123. The van der Waals surface area contributed by atoms with Gasteiger partial charge in [0.15, 0.2) is 5.58 Å². The van der Waals surface area contributed by atoms with Crippen molar-refractivity contribution in [3.8, 4) is 0 Å². The molecule has 2 aromatic rings. The van der Waals surface area contributed by atoms with Crippen LogP contribution in [0.1, 0.15) is 6.42 Å². The van der Waals surface area contributed by atoms with Gasteiger partial charge >= 0.3 is 0 Å². The fourth-order valence-corrected chi connectivity index (χ4v) is 2.54. The van der Waals surface area contributed by atoms with Crippen molar-refractivity contribution in [1.82, 2.24) is 10.3 Å². The number of rotatable bonds is 2. The monoisotopic (exact) mass is 279 g/mol. The molecular weight excluding hydrogens is 266 g/mol. The van der Waals surface area contributed by atoms with Crippen molar-refractivity contribution in [2.24, 2.45) is 5.92 Å². The lowest BCUT2D eigenvalue weighted by Crippen LogP contribution is -2.30. The molecular formula is C13H14ClN3O2. The number of nitrogens with zero attached hydrogens (tertiary/aromatic N) is 2. The van der Waals surface area contributed by atoms with Gasteiger partial charge in [0.2, 0.25) is 5.91 Å². The van der Waals surface area contributed by atoms with Crippen LogP contribution in [0.2, 0.25) is 5.02 Å². The van der Waals surface area contributed by atoms with Crippen molar-refractivity contribution in [3.63, 3.8) is 0 Å². The van der Waals surface area contributed by atoms with Crippen molar-refractivity contribution >= 4 is 34.6 Å². The summed E-state index contributed by atoms with van der Waals surface area (Å²) >= 11 is 5.92. The highest BCUT2D eigenvalue weighted by Gasteiger charge is 2.30. The van der Waals surface area contributed by atoms with Crippen LogP contribution in [-0.2, 0) is 4.79 Å². The Morgan fingerprint density at radius 1 is 1.58 bits per heavy atom. The minimum Gasteiger partial charge on any atom is -0.423 e. The van der Waals surface area contributed by atoms with E-state index < -0.39 is 0 Å². The number of fused-ring (bicyclic) bond motifs is 1. The molecule has 2 heterocycles. The summed E-state index contributed by atoms with van der Waals surface area (Å²) in [7, 11) is 1.66. The van der Waals surface area contributed by atoms with Gasteiger partial charge < -0.3 is 14.6 Å². The molecule has 1 aromatic carbocycles. The van der Waals surface area contributed by atoms with E-state index in [0.717, 1.165) is 18.5 Å². The van der Waals surface area contributed by atoms with Crippen LogP contribution in [0, 0.1) is 5.92 Å². The van der Waals surface area contributed by atoms with E-state index >= 15 is 0 Å². The SMILES string of the molecule is CNC(=O)C1CCN(c2nc3cc(Cl)ccc3o2)C1. The Morgan fingerprint density at radius 2 is 2.42 bits per heavy atom. The van der Waals surface area contributed by atoms with Gasteiger partial charge in [-0.3, -0.25) is 4.79 Å². The van der Waals surface area contributed by atoms with Gasteiger partial charge in [0, 0.05) is 25.2 Å². The van der Waals surface area contributed by atoms with E-state index in [1.165, 1.54) is 0 Å². The fraction of sp³-hybridized carbons (Fsp3) is 0.385. The molecule has 6 heteroatoms. The number of benzene rings is 1. The number of hydrogen-bond acceptors (Lipinski definition) is 4. The maximum Gasteiger partial charge on any atom is 0.298 e. The number of nitrogens with one attached hydrogen (secondary N) is 1. The number of anilines is 1. The maximum absolute atomic E-state index is 11.6. The molecule has 1 amide bonds. The van der Waals surface area contributed by atoms with Crippen LogP contribution in [0.4, 0.5) is 6.01 Å². The van der Waals surface area contributed by atoms with Gasteiger partial charge in [0.25, 0.3) is 6.01 Å². The van der Waals surface area contributed by atoms with Crippen LogP contribution >= 0.6 is 11.6 Å². The lowest BCUT2D eigenvalue weighted by Gasteiger charge is -2.12. The summed E-state index contributed by atoms with van der Waals surface area (Å²) in [5.74, 6) is 0.0743. The Labute approximate surface area is 115 Å². The molecule has 1 atom stereocenters. The molecule has 1 fully saturated rings. The predicted octanol–water partition coefficient (Wildman–Crippen LogP) is 2.05. The van der Waals surface area contributed by atoms with Crippen LogP contribution in [-0.4, -0.2) is 31.0 Å². The summed E-state index contributed by atoms with van der Waals surface area (Å²) in [4.78, 5) is 18.0. The standard InChI is InChI=1S/C13H14ClN3O2/c1-15-12(18)8-4-5-17(7-8)13-16-10-6-9(14)2-3-11(10)19-13/h2-3,6,8H,4-5,7H2,1H3,(H,15,18). The summed E-state index contributed by atoms with van der Waals surface area (Å²) in [6.07, 6.45) is 0.819. The van der Waals surface area contributed by atoms with Crippen molar-refractivity contribution < 1.29 is 9.21 Å². The van der Waals surface area contributed by atoms with E-state index in [0.29, 0.717) is 23.2 Å². The first-order chi connectivity index (χ1) is 9.17. The molecule has 0 spiro atoms. The Balaban J connectivity index is 1.83. The number of amides is 1. The lowest BCUT2D eigenvalue weighted by atomic mass is 10.1. The maximum atomic E-state index is 11.6. The second-order valence-electron chi connectivity index (χ2n) is 4.65. The van der Waals surface area contributed by atoms with E-state index in [-0.39, 0.29) is 11.8 Å². The van der Waals surface area contributed by atoms with Crippen LogP contribution in [0.5, 0.6) is 0 Å². The van der Waals surface area contributed by atoms with E-state index in [1.807, 2.05) is 4.90 Å². The average Bonchev–Trinajstić information content (AvgIpc) is 3.03. The van der Waals surface area contributed by atoms with Crippen LogP contribution in [0.15, 0.2) is 22.6 Å². The number of oxazole rings is 1. The molecule has 1 N–H and O–H groups in total. The van der Waals surface area contributed by atoms with E-state index in [4.69, 9.17) is 16.0 Å². The highest BCUT2D eigenvalue weighted by molar-refractivity contribution is 6.31. The Morgan fingerprint density at radius 3 is 3.21 bits per heavy atom. The van der Waals surface area contributed by atoms with Crippen LogP contribution in [0.25, 0.3) is 11.1 Å². The summed E-state index contributed by atoms with van der Waals surface area (Å²) < 4.78 is 5.69. The van der Waals surface area contributed by atoms with Crippen molar-refractivity contribution in [2.75, 3.05) is 25.0 Å². The molecule has 1 aliphatic heterocycles. The summed E-state index contributed by atoms with van der Waals surface area (Å²) in [6, 6.07) is 5.91. The molecule has 1 unspecified atom stereocenters. The number of aromatic nitrogens is 1. The molecule has 0 saturated carbocycles. The molecule has 100 valence electrons. The van der Waals surface area contributed by atoms with Gasteiger partial charge in [0.05, 0.1) is 5.92 Å². The third kappa shape index (κ3) is 2.26. The predicted molar refractivity (Wildman–Crippen MR) is 73.4 cm³/mol. The summed E-state index contributed by atoms with van der Waals surface area (Å²) in [5, 5.41) is 3.32. The smallest absolute Gasteiger partial charge is 0.298 e. The zero-order valence-electron chi connectivity index (χ0n) is 10.5. The van der Waals surface area contributed by atoms with Gasteiger partial charge in [-0.2, -0.15) is 4.98 Å². The highest BCUT2D eigenvalue weighted by atomic mass is 35.5. The molecule has 0 bridgehead atoms. The summed E-state index contributed by atoms with van der Waals surface area (Å²) in [6.45, 7) is 1.42. The molecule has 1 aromatic heterocycles. The van der Waals surface area contributed by atoms with Crippen molar-refractivity contribution in [2.45, 2.75) is 6.42 Å². The Bertz CT molecular complexity index is 625. The quantitative estimate of drug-likeness (QED) is 0.914. The molecule has 3 rings (SSSR count). The average molecular weight is 280 g/mol. The van der Waals surface area contributed by atoms with E-state index in [9.17, 15) is 4.79 Å². The first-order valence-electron chi connectivity index (χ1n) is 6.20. The first kappa shape index (κ1) is 12.3. The molecule has 1 saturated heterocycles. The van der Waals surface area contributed by atoms with Gasteiger partial charge in [0.1, 0.15) is 5.52 Å². The molecule has 5 nitrogen and oxygen atoms in total. The Kier molecular flexibility index (Phi) is 3.06. The molecule has 1 aliphatic rings. The highest BCUT2D eigenvalue weighted by Crippen LogP contribution is 2.28. The number of hydrogen-bond donors (Lipinski definition) is 1. The zero-order chi connectivity index (χ0) is 13.4. The van der Waals surface area contributed by atoms with Gasteiger partial charge in [-0.15, -0.1) is 0 Å². The molecule has 0 radical (unpaired) electrons. The normalized spacial score (nSPS) is 19.1. The van der Waals surface area contributed by atoms with Crippen molar-refractivity contribution in [1.29, 1.82) is 0 Å². The largest absolute Gasteiger partial charge is 0.423 e. The topological polar surface area (TPSA) is 58.4 Å². The van der Waals surface area contributed by atoms with Gasteiger partial charge in [-0.05, 0) is 24.6 Å². The number of halogens is 1. The third-order valence-electron chi connectivity index (χ3n) is 3.41. The molecule has 0 aliphatic carbocycles. The number of carbonyl (C=O) groups excluding carboxylic acids is 1. The minimum absolute atomic E-state index is 0.00333. The minimum atomic E-state index is 0.00333. The second-order valence-corrected chi connectivity index (χ2v) is 5.09. The van der Waals surface area contributed by atoms with Gasteiger partial charge in [-0.25, -0.2) is 0 Å². The van der Waals surface area contributed by atoms with E-state index in [1.54, 1.807) is 25.2 Å². The van der Waals surface area contributed by atoms with Crippen molar-refractivity contribution in [3.05, 3.63) is 23.2 Å². The Hall–Kier alpha value is -1.75. The van der Waals surface area contributed by atoms with Gasteiger partial charge in [-0.1, -0.05) is 11.6 Å². The van der Waals surface area contributed by atoms with Crippen LogP contribution < -0.4 is 10.2 Å².